The Morgan fingerprint density at radius 1 is 1.21 bits per heavy atom. The summed E-state index contributed by atoms with van der Waals surface area (Å²) in [5.74, 6) is -2.83. The van der Waals surface area contributed by atoms with Crippen molar-refractivity contribution in [2.75, 3.05) is 40.4 Å². The summed E-state index contributed by atoms with van der Waals surface area (Å²) in [6, 6.07) is 2.22. The van der Waals surface area contributed by atoms with E-state index < -0.39 is 17.4 Å². The van der Waals surface area contributed by atoms with Crippen LogP contribution in [0.25, 0.3) is 0 Å². The highest BCUT2D eigenvalue weighted by Gasteiger charge is 2.08. The number of nitrogens with one attached hydrogen (secondary N) is 1. The molecule has 19 heavy (non-hydrogen) atoms. The van der Waals surface area contributed by atoms with Gasteiger partial charge in [0.05, 0.1) is 13.2 Å². The minimum absolute atomic E-state index is 0.325. The van der Waals surface area contributed by atoms with E-state index in [4.69, 9.17) is 9.84 Å². The molecule has 1 rings (SSSR count). The molecule has 108 valence electrons. The number of phenols is 1. The molecule has 0 fully saturated rings. The van der Waals surface area contributed by atoms with Gasteiger partial charge in [-0.05, 0) is 31.8 Å². The fourth-order valence-corrected chi connectivity index (χ4v) is 1.45. The average molecular weight is 274 g/mol. The number of hydrogen-bond acceptors (Lipinski definition) is 4. The number of aromatic hydroxyl groups is 1. The minimum Gasteiger partial charge on any atom is -0.503 e. The highest BCUT2D eigenvalue weighted by atomic mass is 19.1. The van der Waals surface area contributed by atoms with E-state index in [1.165, 1.54) is 0 Å². The Kier molecular flexibility index (Phi) is 6.69. The van der Waals surface area contributed by atoms with Crippen molar-refractivity contribution >= 4 is 0 Å². The maximum atomic E-state index is 13.0. The maximum absolute atomic E-state index is 13.0. The number of benzene rings is 1. The molecule has 0 aliphatic rings. The Morgan fingerprint density at radius 2 is 1.84 bits per heavy atom. The first kappa shape index (κ1) is 15.8. The van der Waals surface area contributed by atoms with Crippen LogP contribution in [0.2, 0.25) is 0 Å². The summed E-state index contributed by atoms with van der Waals surface area (Å²) in [7, 11) is 3.94. The average Bonchev–Trinajstić information content (AvgIpc) is 2.34. The number of hydrogen-bond donors (Lipinski definition) is 2. The van der Waals surface area contributed by atoms with Crippen LogP contribution in [0.5, 0.6) is 5.75 Å². The van der Waals surface area contributed by atoms with Gasteiger partial charge in [-0.3, -0.25) is 0 Å². The molecule has 0 aliphatic carbocycles. The lowest BCUT2D eigenvalue weighted by molar-refractivity contribution is 0.119. The first-order valence-corrected chi connectivity index (χ1v) is 6.10. The van der Waals surface area contributed by atoms with Crippen LogP contribution >= 0.6 is 0 Å². The Morgan fingerprint density at radius 3 is 2.42 bits per heavy atom. The molecule has 1 aromatic rings. The molecule has 0 atom stereocenters. The minimum atomic E-state index is -0.945. The van der Waals surface area contributed by atoms with Crippen molar-refractivity contribution in [3.63, 3.8) is 0 Å². The smallest absolute Gasteiger partial charge is 0.187 e. The van der Waals surface area contributed by atoms with Crippen molar-refractivity contribution in [3.8, 4) is 5.75 Å². The Labute approximate surface area is 112 Å². The SMILES string of the molecule is CN(C)CCOCCNCc1cc(F)c(O)c(F)c1. The van der Waals surface area contributed by atoms with E-state index in [1.807, 2.05) is 19.0 Å². The Hall–Kier alpha value is -1.24. The first-order valence-electron chi connectivity index (χ1n) is 6.10. The molecule has 0 aromatic heterocycles. The number of likely N-dealkylation sites (N-methyl/N-ethyl adjacent to an activating group) is 1. The van der Waals surface area contributed by atoms with Gasteiger partial charge in [0, 0.05) is 19.6 Å². The summed E-state index contributed by atoms with van der Waals surface area (Å²) >= 11 is 0. The van der Waals surface area contributed by atoms with E-state index in [0.717, 1.165) is 18.7 Å². The third-order valence-electron chi connectivity index (χ3n) is 2.51. The number of rotatable bonds is 8. The predicted molar refractivity (Wildman–Crippen MR) is 69.1 cm³/mol. The molecular weight excluding hydrogens is 254 g/mol. The number of halogens is 2. The van der Waals surface area contributed by atoms with Crippen molar-refractivity contribution < 1.29 is 18.6 Å². The van der Waals surface area contributed by atoms with Crippen molar-refractivity contribution in [1.82, 2.24) is 10.2 Å². The molecule has 0 radical (unpaired) electrons. The zero-order valence-electron chi connectivity index (χ0n) is 11.2. The number of nitrogens with zero attached hydrogens (tertiary/aromatic N) is 1. The van der Waals surface area contributed by atoms with Gasteiger partial charge >= 0.3 is 0 Å². The van der Waals surface area contributed by atoms with Crippen LogP contribution in [0.3, 0.4) is 0 Å². The zero-order chi connectivity index (χ0) is 14.3. The molecule has 6 heteroatoms. The highest BCUT2D eigenvalue weighted by molar-refractivity contribution is 5.29. The highest BCUT2D eigenvalue weighted by Crippen LogP contribution is 2.21. The standard InChI is InChI=1S/C13H20F2N2O2/c1-17(2)4-6-19-5-3-16-9-10-7-11(14)13(18)12(15)8-10/h7-8,16,18H,3-6,9H2,1-2H3. The van der Waals surface area contributed by atoms with E-state index in [0.29, 0.717) is 31.9 Å². The van der Waals surface area contributed by atoms with Gasteiger partial charge in [0.1, 0.15) is 0 Å². The Balaban J connectivity index is 2.19. The summed E-state index contributed by atoms with van der Waals surface area (Å²) in [5, 5.41) is 12.0. The molecule has 0 amide bonds. The number of phenolic OH excluding ortho intramolecular Hbond substituents is 1. The van der Waals surface area contributed by atoms with Gasteiger partial charge in [-0.1, -0.05) is 0 Å². The molecular formula is C13H20F2N2O2. The molecule has 4 nitrogen and oxygen atoms in total. The molecule has 0 aliphatic heterocycles. The van der Waals surface area contributed by atoms with E-state index in [-0.39, 0.29) is 0 Å². The van der Waals surface area contributed by atoms with Gasteiger partial charge in [0.15, 0.2) is 17.4 Å². The van der Waals surface area contributed by atoms with Gasteiger partial charge in [-0.25, -0.2) is 8.78 Å². The summed E-state index contributed by atoms with van der Waals surface area (Å²) in [6.07, 6.45) is 0. The molecule has 0 saturated carbocycles. The second-order valence-corrected chi connectivity index (χ2v) is 4.50. The normalized spacial score (nSPS) is 11.2. The van der Waals surface area contributed by atoms with Crippen molar-refractivity contribution in [3.05, 3.63) is 29.3 Å². The van der Waals surface area contributed by atoms with Crippen LogP contribution in [-0.4, -0.2) is 50.4 Å². The van der Waals surface area contributed by atoms with Crippen LogP contribution < -0.4 is 5.32 Å². The van der Waals surface area contributed by atoms with Crippen LogP contribution in [0.4, 0.5) is 8.78 Å². The monoisotopic (exact) mass is 274 g/mol. The molecule has 0 bridgehead atoms. The largest absolute Gasteiger partial charge is 0.503 e. The van der Waals surface area contributed by atoms with Gasteiger partial charge < -0.3 is 20.1 Å². The lowest BCUT2D eigenvalue weighted by Crippen LogP contribution is -2.23. The van der Waals surface area contributed by atoms with Gasteiger partial charge in [-0.15, -0.1) is 0 Å². The summed E-state index contributed by atoms with van der Waals surface area (Å²) < 4.78 is 31.4. The molecule has 0 unspecified atom stereocenters. The summed E-state index contributed by atoms with van der Waals surface area (Å²) in [5.41, 5.74) is 0.445. The van der Waals surface area contributed by atoms with Gasteiger partial charge in [-0.2, -0.15) is 0 Å². The van der Waals surface area contributed by atoms with Crippen LogP contribution in [-0.2, 0) is 11.3 Å². The van der Waals surface area contributed by atoms with Crippen LogP contribution in [0, 0.1) is 11.6 Å². The second kappa shape index (κ2) is 8.04. The second-order valence-electron chi connectivity index (χ2n) is 4.50. The number of ether oxygens (including phenoxy) is 1. The fraction of sp³-hybridized carbons (Fsp3) is 0.538. The molecule has 0 heterocycles. The van der Waals surface area contributed by atoms with E-state index in [1.54, 1.807) is 0 Å². The van der Waals surface area contributed by atoms with E-state index >= 15 is 0 Å². The molecule has 0 spiro atoms. The molecule has 2 N–H and O–H groups in total. The summed E-state index contributed by atoms with van der Waals surface area (Å²) in [4.78, 5) is 2.02. The topological polar surface area (TPSA) is 44.7 Å². The fourth-order valence-electron chi connectivity index (χ4n) is 1.45. The zero-order valence-corrected chi connectivity index (χ0v) is 11.2. The third-order valence-corrected chi connectivity index (χ3v) is 2.51. The van der Waals surface area contributed by atoms with E-state index in [2.05, 4.69) is 5.32 Å². The van der Waals surface area contributed by atoms with Gasteiger partial charge in [0.2, 0.25) is 0 Å². The van der Waals surface area contributed by atoms with Crippen molar-refractivity contribution in [2.24, 2.45) is 0 Å². The van der Waals surface area contributed by atoms with Crippen LogP contribution in [0.1, 0.15) is 5.56 Å². The van der Waals surface area contributed by atoms with Crippen LogP contribution in [0.15, 0.2) is 12.1 Å². The predicted octanol–water partition coefficient (Wildman–Crippen LogP) is 1.34. The van der Waals surface area contributed by atoms with E-state index in [9.17, 15) is 8.78 Å². The lowest BCUT2D eigenvalue weighted by Gasteiger charge is -2.10. The lowest BCUT2D eigenvalue weighted by atomic mass is 10.2. The molecule has 0 saturated heterocycles. The van der Waals surface area contributed by atoms with Crippen molar-refractivity contribution in [1.29, 1.82) is 0 Å². The summed E-state index contributed by atoms with van der Waals surface area (Å²) in [6.45, 7) is 2.96. The molecule has 1 aromatic carbocycles. The third kappa shape index (κ3) is 5.96. The first-order chi connectivity index (χ1) is 9.00. The Bertz CT molecular complexity index is 377. The van der Waals surface area contributed by atoms with Crippen molar-refractivity contribution in [2.45, 2.75) is 6.54 Å². The van der Waals surface area contributed by atoms with Gasteiger partial charge in [0.25, 0.3) is 0 Å². The quantitative estimate of drug-likeness (QED) is 0.702. The maximum Gasteiger partial charge on any atom is 0.187 e.